The molecule has 0 saturated carbocycles. The number of nitrogens with one attached hydrogen (secondary N) is 1. The molecule has 0 aromatic carbocycles. The van der Waals surface area contributed by atoms with Crippen molar-refractivity contribution in [3.63, 3.8) is 0 Å². The fraction of sp³-hybridized carbons (Fsp3) is 0.759. The zero-order valence-corrected chi connectivity index (χ0v) is 22.7. The molecular weight excluding hydrogens is 418 g/mol. The lowest BCUT2D eigenvalue weighted by Gasteiger charge is -2.35. The van der Waals surface area contributed by atoms with Crippen molar-refractivity contribution >= 4 is 11.8 Å². The van der Waals surface area contributed by atoms with Crippen LogP contribution in [0.3, 0.4) is 0 Å². The summed E-state index contributed by atoms with van der Waals surface area (Å²) in [5.41, 5.74) is 6.44. The molecule has 1 saturated heterocycles. The molecule has 1 aliphatic heterocycles. The summed E-state index contributed by atoms with van der Waals surface area (Å²) in [5.74, 6) is 0.765. The zero-order chi connectivity index (χ0) is 24.3. The van der Waals surface area contributed by atoms with Gasteiger partial charge in [0.2, 0.25) is 0 Å². The molecule has 192 valence electrons. The fourth-order valence-corrected chi connectivity index (χ4v) is 5.70. The molecule has 1 aromatic heterocycles. The van der Waals surface area contributed by atoms with Crippen LogP contribution < -0.4 is 5.32 Å². The number of rotatable bonds is 14. The van der Waals surface area contributed by atoms with Crippen molar-refractivity contribution < 1.29 is 0 Å². The Labute approximate surface area is 210 Å². The predicted octanol–water partition coefficient (Wildman–Crippen LogP) is 5.09. The molecule has 1 aromatic rings. The number of anilines is 1. The van der Waals surface area contributed by atoms with Crippen LogP contribution in [-0.2, 0) is 12.8 Å². The fourth-order valence-electron chi connectivity index (χ4n) is 5.70. The van der Waals surface area contributed by atoms with Gasteiger partial charge in [0.15, 0.2) is 0 Å². The van der Waals surface area contributed by atoms with E-state index in [0.29, 0.717) is 0 Å². The van der Waals surface area contributed by atoms with Gasteiger partial charge in [-0.05, 0) is 101 Å². The van der Waals surface area contributed by atoms with Crippen molar-refractivity contribution in [2.24, 2.45) is 5.92 Å². The molecule has 0 unspecified atom stereocenters. The Hall–Kier alpha value is -1.43. The first kappa shape index (κ1) is 27.2. The maximum Gasteiger partial charge on any atom is 0.0677 e. The van der Waals surface area contributed by atoms with Crippen molar-refractivity contribution in [3.8, 4) is 0 Å². The van der Waals surface area contributed by atoms with Crippen LogP contribution in [0.1, 0.15) is 75.4 Å². The van der Waals surface area contributed by atoms with Gasteiger partial charge in [0.05, 0.1) is 5.69 Å². The largest absolute Gasteiger partial charge is 0.384 e. The van der Waals surface area contributed by atoms with Crippen molar-refractivity contribution in [1.29, 1.82) is 0 Å². The molecule has 5 nitrogen and oxygen atoms in total. The highest BCUT2D eigenvalue weighted by Gasteiger charge is 2.20. The van der Waals surface area contributed by atoms with E-state index in [-0.39, 0.29) is 0 Å². The highest BCUT2D eigenvalue weighted by Crippen LogP contribution is 2.31. The van der Waals surface area contributed by atoms with Crippen LogP contribution in [-0.4, -0.2) is 85.1 Å². The summed E-state index contributed by atoms with van der Waals surface area (Å²) >= 11 is 0. The van der Waals surface area contributed by atoms with Gasteiger partial charge in [-0.15, -0.1) is 0 Å². The molecule has 3 rings (SSSR count). The van der Waals surface area contributed by atoms with E-state index in [1.54, 1.807) is 0 Å². The van der Waals surface area contributed by atoms with E-state index in [4.69, 9.17) is 4.98 Å². The van der Waals surface area contributed by atoms with Crippen LogP contribution in [0.25, 0.3) is 6.08 Å². The number of piperazine rings is 1. The quantitative estimate of drug-likeness (QED) is 0.384. The van der Waals surface area contributed by atoms with E-state index in [1.807, 2.05) is 6.08 Å². The van der Waals surface area contributed by atoms with Gasteiger partial charge < -0.3 is 20.0 Å². The molecule has 5 heteroatoms. The van der Waals surface area contributed by atoms with Crippen LogP contribution in [0, 0.1) is 12.8 Å². The Morgan fingerprint density at radius 2 is 1.71 bits per heavy atom. The minimum atomic E-state index is 0.765. The van der Waals surface area contributed by atoms with Gasteiger partial charge >= 0.3 is 0 Å². The SMILES string of the molecule is C=Cc1nc2c(c(NCCCN3CCN(CCCN(CCC)CC(C)C)CC3)c1C)CCCC2. The lowest BCUT2D eigenvalue weighted by atomic mass is 9.92. The summed E-state index contributed by atoms with van der Waals surface area (Å²) in [6.07, 6.45) is 10.5. The van der Waals surface area contributed by atoms with Crippen molar-refractivity contribution in [3.05, 3.63) is 29.1 Å². The lowest BCUT2D eigenvalue weighted by Crippen LogP contribution is -2.47. The molecule has 1 fully saturated rings. The first-order chi connectivity index (χ1) is 16.5. The first-order valence-electron chi connectivity index (χ1n) is 14.1. The molecule has 1 aliphatic carbocycles. The van der Waals surface area contributed by atoms with E-state index >= 15 is 0 Å². The molecule has 0 atom stereocenters. The van der Waals surface area contributed by atoms with Gasteiger partial charge in [-0.25, -0.2) is 0 Å². The topological polar surface area (TPSA) is 34.6 Å². The van der Waals surface area contributed by atoms with Crippen molar-refractivity contribution in [2.45, 2.75) is 72.6 Å². The van der Waals surface area contributed by atoms with Gasteiger partial charge in [-0.2, -0.15) is 0 Å². The number of pyridine rings is 1. The number of fused-ring (bicyclic) bond motifs is 1. The first-order valence-corrected chi connectivity index (χ1v) is 14.1. The number of aryl methyl sites for hydroxylation is 1. The second-order valence-electron chi connectivity index (χ2n) is 10.8. The summed E-state index contributed by atoms with van der Waals surface area (Å²) in [5, 5.41) is 3.80. The van der Waals surface area contributed by atoms with Gasteiger partial charge in [0.1, 0.15) is 0 Å². The third-order valence-corrected chi connectivity index (χ3v) is 7.48. The van der Waals surface area contributed by atoms with Crippen LogP contribution in [0.5, 0.6) is 0 Å². The molecular formula is C29H51N5. The lowest BCUT2D eigenvalue weighted by molar-refractivity contribution is 0.125. The summed E-state index contributed by atoms with van der Waals surface area (Å²) in [4.78, 5) is 12.9. The van der Waals surface area contributed by atoms with Crippen LogP contribution in [0.2, 0.25) is 0 Å². The second kappa shape index (κ2) is 14.2. The molecule has 2 heterocycles. The normalized spacial score (nSPS) is 17.4. The minimum Gasteiger partial charge on any atom is -0.384 e. The summed E-state index contributed by atoms with van der Waals surface area (Å²) in [6, 6.07) is 0. The van der Waals surface area contributed by atoms with E-state index in [9.17, 15) is 0 Å². The standard InChI is InChI=1S/C29H51N5/c1-6-15-34(23-24(3)4)18-11-17-33-21-19-32(20-22-33)16-10-14-30-29-25(5)27(7-2)31-28-13-9-8-12-26(28)29/h7,24H,2,6,8-23H2,1,3-5H3,(H,30,31). The van der Waals surface area contributed by atoms with E-state index in [1.165, 1.54) is 120 Å². The Morgan fingerprint density at radius 3 is 2.35 bits per heavy atom. The maximum absolute atomic E-state index is 4.88. The average Bonchev–Trinajstić information content (AvgIpc) is 2.83. The number of hydrogen-bond donors (Lipinski definition) is 1. The van der Waals surface area contributed by atoms with Crippen LogP contribution in [0.4, 0.5) is 5.69 Å². The van der Waals surface area contributed by atoms with Gasteiger partial charge in [0, 0.05) is 50.6 Å². The molecule has 2 aliphatic rings. The van der Waals surface area contributed by atoms with E-state index < -0.39 is 0 Å². The molecule has 0 amide bonds. The Kier molecular flexibility index (Phi) is 11.4. The Morgan fingerprint density at radius 1 is 1.03 bits per heavy atom. The average molecular weight is 470 g/mol. The summed E-state index contributed by atoms with van der Waals surface area (Å²) in [6.45, 7) is 25.3. The summed E-state index contributed by atoms with van der Waals surface area (Å²) in [7, 11) is 0. The van der Waals surface area contributed by atoms with Crippen molar-refractivity contribution in [1.82, 2.24) is 19.7 Å². The predicted molar refractivity (Wildman–Crippen MR) is 148 cm³/mol. The third kappa shape index (κ3) is 8.07. The Bertz CT molecular complexity index is 751. The molecule has 0 radical (unpaired) electrons. The number of nitrogens with zero attached hydrogens (tertiary/aromatic N) is 4. The minimum absolute atomic E-state index is 0.765. The van der Waals surface area contributed by atoms with E-state index in [0.717, 1.165) is 24.6 Å². The number of aromatic nitrogens is 1. The van der Waals surface area contributed by atoms with Gasteiger partial charge in [-0.3, -0.25) is 4.98 Å². The summed E-state index contributed by atoms with van der Waals surface area (Å²) < 4.78 is 0. The van der Waals surface area contributed by atoms with Crippen LogP contribution >= 0.6 is 0 Å². The molecule has 0 spiro atoms. The highest BCUT2D eigenvalue weighted by atomic mass is 15.3. The maximum atomic E-state index is 4.88. The second-order valence-corrected chi connectivity index (χ2v) is 10.8. The molecule has 34 heavy (non-hydrogen) atoms. The molecule has 1 N–H and O–H groups in total. The third-order valence-electron chi connectivity index (χ3n) is 7.48. The monoisotopic (exact) mass is 469 g/mol. The Balaban J connectivity index is 1.35. The number of hydrogen-bond acceptors (Lipinski definition) is 5. The zero-order valence-electron chi connectivity index (χ0n) is 22.7. The van der Waals surface area contributed by atoms with Crippen LogP contribution in [0.15, 0.2) is 6.58 Å². The van der Waals surface area contributed by atoms with E-state index in [2.05, 4.69) is 54.3 Å². The smallest absolute Gasteiger partial charge is 0.0677 e. The van der Waals surface area contributed by atoms with Crippen molar-refractivity contribution in [2.75, 3.05) is 70.8 Å². The molecule has 0 bridgehead atoms. The van der Waals surface area contributed by atoms with Gasteiger partial charge in [0.25, 0.3) is 0 Å². The van der Waals surface area contributed by atoms with Gasteiger partial charge in [-0.1, -0.05) is 27.4 Å². The highest BCUT2D eigenvalue weighted by molar-refractivity contribution is 5.66.